The van der Waals surface area contributed by atoms with E-state index < -0.39 is 0 Å². The Morgan fingerprint density at radius 1 is 1.37 bits per heavy atom. The third kappa shape index (κ3) is 3.51. The molecule has 3 nitrogen and oxygen atoms in total. The second-order valence-corrected chi connectivity index (χ2v) is 6.14. The van der Waals surface area contributed by atoms with Crippen molar-refractivity contribution in [3.63, 3.8) is 0 Å². The van der Waals surface area contributed by atoms with Gasteiger partial charge in [0.2, 0.25) is 0 Å². The fourth-order valence-corrected chi connectivity index (χ4v) is 3.60. The summed E-state index contributed by atoms with van der Waals surface area (Å²) in [5, 5.41) is 8.87. The van der Waals surface area contributed by atoms with Crippen LogP contribution in [0.15, 0.2) is 0 Å². The average molecular weight is 284 g/mol. The van der Waals surface area contributed by atoms with Crippen molar-refractivity contribution in [1.29, 1.82) is 0 Å². The van der Waals surface area contributed by atoms with Crippen molar-refractivity contribution in [2.75, 3.05) is 7.05 Å². The van der Waals surface area contributed by atoms with Crippen molar-refractivity contribution >= 4 is 11.6 Å². The fraction of sp³-hybridized carbons (Fsp3) is 0.800. The first-order valence-electron chi connectivity index (χ1n) is 7.53. The van der Waals surface area contributed by atoms with E-state index in [1.807, 2.05) is 11.7 Å². The molecule has 1 aliphatic carbocycles. The van der Waals surface area contributed by atoms with Crippen molar-refractivity contribution in [3.8, 4) is 0 Å². The lowest BCUT2D eigenvalue weighted by molar-refractivity contribution is 0.393. The van der Waals surface area contributed by atoms with Crippen LogP contribution in [-0.2, 0) is 19.9 Å². The molecule has 2 unspecified atom stereocenters. The number of hydrogen-bond donors (Lipinski definition) is 1. The van der Waals surface area contributed by atoms with Gasteiger partial charge in [-0.3, -0.25) is 4.68 Å². The lowest BCUT2D eigenvalue weighted by Crippen LogP contribution is -2.27. The summed E-state index contributed by atoms with van der Waals surface area (Å²) in [7, 11) is 4.10. The third-order valence-corrected chi connectivity index (χ3v) is 4.86. The summed E-state index contributed by atoms with van der Waals surface area (Å²) >= 11 is 6.46. The third-order valence-electron chi connectivity index (χ3n) is 4.43. The molecule has 1 fully saturated rings. The van der Waals surface area contributed by atoms with Gasteiger partial charge in [-0.05, 0) is 38.6 Å². The summed E-state index contributed by atoms with van der Waals surface area (Å²) in [5.41, 5.74) is 2.26. The molecular weight excluding hydrogens is 258 g/mol. The highest BCUT2D eigenvalue weighted by Crippen LogP contribution is 2.30. The van der Waals surface area contributed by atoms with Gasteiger partial charge in [-0.2, -0.15) is 5.10 Å². The highest BCUT2D eigenvalue weighted by Gasteiger charge is 2.22. The molecule has 1 heterocycles. The van der Waals surface area contributed by atoms with Gasteiger partial charge in [-0.1, -0.05) is 37.8 Å². The van der Waals surface area contributed by atoms with Gasteiger partial charge in [0.1, 0.15) is 0 Å². The number of nitrogens with zero attached hydrogens (tertiary/aromatic N) is 2. The van der Waals surface area contributed by atoms with Gasteiger partial charge in [-0.25, -0.2) is 0 Å². The summed E-state index contributed by atoms with van der Waals surface area (Å²) < 4.78 is 1.99. The minimum atomic E-state index is 0.671. The number of rotatable bonds is 4. The zero-order valence-electron chi connectivity index (χ0n) is 12.4. The van der Waals surface area contributed by atoms with Crippen molar-refractivity contribution in [3.05, 3.63) is 16.4 Å². The first-order chi connectivity index (χ1) is 9.15. The number of aryl methyl sites for hydroxylation is 2. The lowest BCUT2D eigenvalue weighted by Gasteiger charge is -2.19. The van der Waals surface area contributed by atoms with Gasteiger partial charge in [0.05, 0.1) is 16.4 Å². The molecule has 19 heavy (non-hydrogen) atoms. The summed E-state index contributed by atoms with van der Waals surface area (Å²) in [6.45, 7) is 2.11. The molecule has 0 saturated heterocycles. The van der Waals surface area contributed by atoms with Crippen LogP contribution in [-0.4, -0.2) is 22.9 Å². The molecule has 2 rings (SSSR count). The Morgan fingerprint density at radius 2 is 2.11 bits per heavy atom. The molecule has 0 radical (unpaired) electrons. The SMILES string of the molecule is CCc1nn(C)c(CC2CCCCC(NC)C2)c1Cl. The maximum Gasteiger partial charge on any atom is 0.0849 e. The summed E-state index contributed by atoms with van der Waals surface area (Å²) in [5.74, 6) is 0.734. The van der Waals surface area contributed by atoms with Gasteiger partial charge in [0.15, 0.2) is 0 Å². The Hall–Kier alpha value is -0.540. The average Bonchev–Trinajstić information content (AvgIpc) is 2.61. The van der Waals surface area contributed by atoms with E-state index in [0.29, 0.717) is 6.04 Å². The van der Waals surface area contributed by atoms with Crippen molar-refractivity contribution < 1.29 is 0 Å². The molecule has 0 aromatic carbocycles. The number of nitrogens with one attached hydrogen (secondary N) is 1. The minimum Gasteiger partial charge on any atom is -0.317 e. The van der Waals surface area contributed by atoms with E-state index in [1.54, 1.807) is 0 Å². The highest BCUT2D eigenvalue weighted by molar-refractivity contribution is 6.31. The van der Waals surface area contributed by atoms with E-state index in [2.05, 4.69) is 24.4 Å². The molecule has 1 aromatic heterocycles. The summed E-state index contributed by atoms with van der Waals surface area (Å²) in [4.78, 5) is 0. The number of hydrogen-bond acceptors (Lipinski definition) is 2. The van der Waals surface area contributed by atoms with Gasteiger partial charge >= 0.3 is 0 Å². The standard InChI is InChI=1S/C15H26ClN3/c1-4-13-15(16)14(19(3)18-13)10-11-7-5-6-8-12(9-11)17-2/h11-12,17H,4-10H2,1-3H3. The van der Waals surface area contributed by atoms with E-state index >= 15 is 0 Å². The van der Waals surface area contributed by atoms with Gasteiger partial charge in [0, 0.05) is 13.1 Å². The summed E-state index contributed by atoms with van der Waals surface area (Å²) in [6.07, 6.45) is 8.57. The molecular formula is C15H26ClN3. The maximum atomic E-state index is 6.46. The lowest BCUT2D eigenvalue weighted by atomic mass is 9.93. The summed E-state index contributed by atoms with van der Waals surface area (Å²) in [6, 6.07) is 0.671. The predicted octanol–water partition coefficient (Wildman–Crippen LogP) is 3.35. The monoisotopic (exact) mass is 283 g/mol. The van der Waals surface area contributed by atoms with Crippen LogP contribution in [0.25, 0.3) is 0 Å². The molecule has 0 aliphatic heterocycles. The van der Waals surface area contributed by atoms with Crippen LogP contribution in [0, 0.1) is 5.92 Å². The van der Waals surface area contributed by atoms with Gasteiger partial charge in [-0.15, -0.1) is 0 Å². The van der Waals surface area contributed by atoms with Crippen LogP contribution < -0.4 is 5.32 Å². The van der Waals surface area contributed by atoms with Crippen LogP contribution >= 0.6 is 11.6 Å². The quantitative estimate of drug-likeness (QED) is 0.859. The molecule has 1 N–H and O–H groups in total. The number of aromatic nitrogens is 2. The Kier molecular flexibility index (Phi) is 5.28. The van der Waals surface area contributed by atoms with Crippen LogP contribution in [0.1, 0.15) is 50.4 Å². The molecule has 108 valence electrons. The van der Waals surface area contributed by atoms with E-state index in [0.717, 1.165) is 29.5 Å². The van der Waals surface area contributed by atoms with Gasteiger partial charge in [0.25, 0.3) is 0 Å². The molecule has 2 atom stereocenters. The first-order valence-corrected chi connectivity index (χ1v) is 7.91. The second kappa shape index (κ2) is 6.76. The van der Waals surface area contributed by atoms with E-state index in [-0.39, 0.29) is 0 Å². The Labute approximate surface area is 121 Å². The largest absolute Gasteiger partial charge is 0.317 e. The Balaban J connectivity index is 2.09. The van der Waals surface area contributed by atoms with Crippen LogP contribution in [0.4, 0.5) is 0 Å². The minimum absolute atomic E-state index is 0.671. The molecule has 0 spiro atoms. The van der Waals surface area contributed by atoms with Gasteiger partial charge < -0.3 is 5.32 Å². The molecule has 1 aliphatic rings. The smallest absolute Gasteiger partial charge is 0.0849 e. The van der Waals surface area contributed by atoms with Crippen molar-refractivity contribution in [1.82, 2.24) is 15.1 Å². The molecule has 0 amide bonds. The Bertz CT molecular complexity index is 414. The highest BCUT2D eigenvalue weighted by atomic mass is 35.5. The first kappa shape index (κ1) is 14.9. The topological polar surface area (TPSA) is 29.9 Å². The molecule has 0 bridgehead atoms. The molecule has 1 aromatic rings. The van der Waals surface area contributed by atoms with Crippen LogP contribution in [0.3, 0.4) is 0 Å². The zero-order valence-corrected chi connectivity index (χ0v) is 13.1. The normalized spacial score (nSPS) is 24.4. The van der Waals surface area contributed by atoms with E-state index in [1.165, 1.54) is 37.8 Å². The maximum absolute atomic E-state index is 6.46. The van der Waals surface area contributed by atoms with Crippen LogP contribution in [0.2, 0.25) is 5.02 Å². The second-order valence-electron chi connectivity index (χ2n) is 5.76. The molecule has 4 heteroatoms. The molecule has 1 saturated carbocycles. The zero-order chi connectivity index (χ0) is 13.8. The predicted molar refractivity (Wildman–Crippen MR) is 80.7 cm³/mol. The van der Waals surface area contributed by atoms with E-state index in [4.69, 9.17) is 11.6 Å². The number of halogens is 1. The van der Waals surface area contributed by atoms with E-state index in [9.17, 15) is 0 Å². The van der Waals surface area contributed by atoms with Crippen LogP contribution in [0.5, 0.6) is 0 Å². The van der Waals surface area contributed by atoms with Crippen molar-refractivity contribution in [2.24, 2.45) is 13.0 Å². The fourth-order valence-electron chi connectivity index (χ4n) is 3.22. The van der Waals surface area contributed by atoms with Crippen molar-refractivity contribution in [2.45, 2.75) is 57.9 Å². The Morgan fingerprint density at radius 3 is 2.74 bits per heavy atom.